The molecule has 0 fully saturated rings. The molecule has 0 aromatic carbocycles. The SMILES string of the molecule is C1=CCCSSCC1. The molecule has 0 N–H and O–H groups in total. The maximum atomic E-state index is 2.28. The van der Waals surface area contributed by atoms with Gasteiger partial charge in [-0.3, -0.25) is 0 Å². The zero-order chi connectivity index (χ0) is 5.66. The van der Waals surface area contributed by atoms with Crippen LogP contribution in [0, 0.1) is 0 Å². The second-order valence-electron chi connectivity index (χ2n) is 1.69. The highest BCUT2D eigenvalue weighted by Gasteiger charge is 1.90. The third kappa shape index (κ3) is 2.68. The topological polar surface area (TPSA) is 0 Å². The molecule has 0 aromatic rings. The van der Waals surface area contributed by atoms with Crippen LogP contribution >= 0.6 is 21.6 Å². The summed E-state index contributed by atoms with van der Waals surface area (Å²) in [6.07, 6.45) is 7.09. The Morgan fingerprint density at radius 1 is 0.875 bits per heavy atom. The van der Waals surface area contributed by atoms with Crippen molar-refractivity contribution in [2.75, 3.05) is 11.5 Å². The van der Waals surface area contributed by atoms with Crippen molar-refractivity contribution in [3.8, 4) is 0 Å². The lowest BCUT2D eigenvalue weighted by Crippen LogP contribution is -1.79. The van der Waals surface area contributed by atoms with Gasteiger partial charge in [0.25, 0.3) is 0 Å². The van der Waals surface area contributed by atoms with Crippen LogP contribution in [0.2, 0.25) is 0 Å². The molecule has 1 heterocycles. The van der Waals surface area contributed by atoms with E-state index in [0.29, 0.717) is 0 Å². The number of hydrogen-bond acceptors (Lipinski definition) is 2. The fraction of sp³-hybridized carbons (Fsp3) is 0.667. The second-order valence-corrected chi connectivity index (χ2v) is 4.39. The van der Waals surface area contributed by atoms with Gasteiger partial charge in [0.2, 0.25) is 0 Å². The standard InChI is InChI=1S/C6H10S2/c1-2-4-6-8-7-5-3-1/h1-2H,3-6H2. The summed E-state index contributed by atoms with van der Waals surface area (Å²) in [5.74, 6) is 2.59. The van der Waals surface area contributed by atoms with Crippen LogP contribution in [0.1, 0.15) is 12.8 Å². The van der Waals surface area contributed by atoms with Gasteiger partial charge < -0.3 is 0 Å². The molecule has 0 atom stereocenters. The van der Waals surface area contributed by atoms with E-state index >= 15 is 0 Å². The molecule has 0 spiro atoms. The third-order valence-corrected chi connectivity index (χ3v) is 3.46. The highest BCUT2D eigenvalue weighted by molar-refractivity contribution is 8.76. The maximum absolute atomic E-state index is 2.28. The summed E-state index contributed by atoms with van der Waals surface area (Å²) >= 11 is 0. The summed E-state index contributed by atoms with van der Waals surface area (Å²) in [6, 6.07) is 0. The third-order valence-electron chi connectivity index (χ3n) is 0.986. The van der Waals surface area contributed by atoms with Crippen LogP contribution in [0.5, 0.6) is 0 Å². The predicted molar refractivity (Wildman–Crippen MR) is 43.3 cm³/mol. The molecule has 0 aromatic heterocycles. The van der Waals surface area contributed by atoms with Gasteiger partial charge in [0, 0.05) is 11.5 Å². The lowest BCUT2D eigenvalue weighted by Gasteiger charge is -1.99. The van der Waals surface area contributed by atoms with Crippen molar-refractivity contribution >= 4 is 21.6 Å². The molecule has 0 unspecified atom stereocenters. The Morgan fingerprint density at radius 3 is 1.88 bits per heavy atom. The maximum Gasteiger partial charge on any atom is 0.00715 e. The summed E-state index contributed by atoms with van der Waals surface area (Å²) in [5.41, 5.74) is 0. The minimum absolute atomic E-state index is 1.26. The van der Waals surface area contributed by atoms with Crippen LogP contribution in [0.4, 0.5) is 0 Å². The van der Waals surface area contributed by atoms with Gasteiger partial charge in [0.15, 0.2) is 0 Å². The molecule has 1 rings (SSSR count). The average molecular weight is 146 g/mol. The summed E-state index contributed by atoms with van der Waals surface area (Å²) in [5, 5.41) is 0. The number of rotatable bonds is 0. The smallest absolute Gasteiger partial charge is 0.00715 e. The molecule has 0 nitrogen and oxygen atoms in total. The largest absolute Gasteiger partial charge is 0.0938 e. The van der Waals surface area contributed by atoms with Gasteiger partial charge in [-0.1, -0.05) is 33.7 Å². The average Bonchev–Trinajstić information content (AvgIpc) is 1.62. The van der Waals surface area contributed by atoms with E-state index in [1.165, 1.54) is 24.3 Å². The van der Waals surface area contributed by atoms with Crippen LogP contribution in [0.15, 0.2) is 12.2 Å². The van der Waals surface area contributed by atoms with Crippen molar-refractivity contribution < 1.29 is 0 Å². The monoisotopic (exact) mass is 146 g/mol. The van der Waals surface area contributed by atoms with Crippen molar-refractivity contribution in [1.82, 2.24) is 0 Å². The zero-order valence-electron chi connectivity index (χ0n) is 4.80. The Labute approximate surface area is 58.5 Å². The van der Waals surface area contributed by atoms with E-state index in [1.54, 1.807) is 0 Å². The van der Waals surface area contributed by atoms with E-state index in [9.17, 15) is 0 Å². The Bertz CT molecular complexity index is 68.6. The van der Waals surface area contributed by atoms with Crippen LogP contribution in [0.3, 0.4) is 0 Å². The van der Waals surface area contributed by atoms with Crippen molar-refractivity contribution in [3.05, 3.63) is 12.2 Å². The first-order chi connectivity index (χ1) is 4.00. The van der Waals surface area contributed by atoms with E-state index in [4.69, 9.17) is 0 Å². The van der Waals surface area contributed by atoms with Crippen molar-refractivity contribution in [2.45, 2.75) is 12.8 Å². The van der Waals surface area contributed by atoms with Gasteiger partial charge in [0.05, 0.1) is 0 Å². The molecule has 0 aliphatic carbocycles. The van der Waals surface area contributed by atoms with Gasteiger partial charge >= 0.3 is 0 Å². The first-order valence-corrected chi connectivity index (χ1v) is 5.38. The molecular weight excluding hydrogens is 136 g/mol. The van der Waals surface area contributed by atoms with Crippen molar-refractivity contribution in [2.24, 2.45) is 0 Å². The van der Waals surface area contributed by atoms with E-state index in [0.717, 1.165) is 0 Å². The van der Waals surface area contributed by atoms with Crippen LogP contribution in [-0.4, -0.2) is 11.5 Å². The van der Waals surface area contributed by atoms with Crippen molar-refractivity contribution in [3.63, 3.8) is 0 Å². The molecule has 1 aliphatic heterocycles. The van der Waals surface area contributed by atoms with Crippen LogP contribution in [-0.2, 0) is 0 Å². The molecule has 46 valence electrons. The Morgan fingerprint density at radius 2 is 1.38 bits per heavy atom. The minimum atomic E-state index is 1.26. The quantitative estimate of drug-likeness (QED) is 0.381. The number of allylic oxidation sites excluding steroid dienone is 2. The highest BCUT2D eigenvalue weighted by Crippen LogP contribution is 2.24. The summed E-state index contributed by atoms with van der Waals surface area (Å²) in [4.78, 5) is 0. The zero-order valence-corrected chi connectivity index (χ0v) is 6.43. The lowest BCUT2D eigenvalue weighted by atomic mass is 10.3. The molecule has 8 heavy (non-hydrogen) atoms. The summed E-state index contributed by atoms with van der Waals surface area (Å²) in [6.45, 7) is 0. The second kappa shape index (κ2) is 4.33. The van der Waals surface area contributed by atoms with Gasteiger partial charge in [-0.25, -0.2) is 0 Å². The lowest BCUT2D eigenvalue weighted by molar-refractivity contribution is 1.17. The van der Waals surface area contributed by atoms with Gasteiger partial charge in [-0.15, -0.1) is 0 Å². The fourth-order valence-corrected chi connectivity index (χ4v) is 2.57. The number of hydrogen-bond donors (Lipinski definition) is 0. The fourth-order valence-electron chi connectivity index (χ4n) is 0.586. The first kappa shape index (κ1) is 6.56. The van der Waals surface area contributed by atoms with E-state index < -0.39 is 0 Å². The molecule has 0 amide bonds. The summed E-state index contributed by atoms with van der Waals surface area (Å²) < 4.78 is 0. The van der Waals surface area contributed by atoms with E-state index in [1.807, 2.05) is 21.6 Å². The molecule has 0 radical (unpaired) electrons. The highest BCUT2D eigenvalue weighted by atomic mass is 33.1. The Kier molecular flexibility index (Phi) is 3.55. The van der Waals surface area contributed by atoms with Gasteiger partial charge in [0.1, 0.15) is 0 Å². The predicted octanol–water partition coefficient (Wildman–Crippen LogP) is 2.72. The molecule has 0 saturated carbocycles. The normalized spacial score (nSPS) is 22.0. The van der Waals surface area contributed by atoms with Gasteiger partial charge in [-0.2, -0.15) is 0 Å². The summed E-state index contributed by atoms with van der Waals surface area (Å²) in [7, 11) is 3.99. The Hall–Kier alpha value is 0.440. The first-order valence-electron chi connectivity index (χ1n) is 2.89. The minimum Gasteiger partial charge on any atom is -0.0938 e. The van der Waals surface area contributed by atoms with E-state index in [2.05, 4.69) is 12.2 Å². The molecule has 1 aliphatic rings. The molecule has 2 heteroatoms. The molecular formula is C6H10S2. The van der Waals surface area contributed by atoms with Gasteiger partial charge in [-0.05, 0) is 12.8 Å². The van der Waals surface area contributed by atoms with Crippen molar-refractivity contribution in [1.29, 1.82) is 0 Å². The molecule has 0 saturated heterocycles. The van der Waals surface area contributed by atoms with Crippen LogP contribution < -0.4 is 0 Å². The van der Waals surface area contributed by atoms with E-state index in [-0.39, 0.29) is 0 Å². The van der Waals surface area contributed by atoms with Crippen LogP contribution in [0.25, 0.3) is 0 Å². The Balaban J connectivity index is 2.17. The molecule has 0 bridgehead atoms.